The molecule has 0 bridgehead atoms. The summed E-state index contributed by atoms with van der Waals surface area (Å²) in [5, 5.41) is 3.32. The number of aryl methyl sites for hydroxylation is 1. The van der Waals surface area contributed by atoms with Crippen LogP contribution in [0.4, 0.5) is 0 Å². The standard InChI is InChI=1S/C20H24N4O4.ClH/c1-22-16(25)7-6-14(18(22)26)24-13-4-3-5-15(17(13)23(2)19(24)27)28-12-8-20(9-12)10-21-11-20;/h3-5,12,14,21H,6-11H2,1-2H3;1H. The molecule has 1 N–H and O–H groups in total. The number of imide groups is 1. The second-order valence-corrected chi connectivity index (χ2v) is 8.43. The Morgan fingerprint density at radius 2 is 1.86 bits per heavy atom. The van der Waals surface area contributed by atoms with Crippen LogP contribution in [0.1, 0.15) is 31.7 Å². The zero-order valence-electron chi connectivity index (χ0n) is 16.5. The van der Waals surface area contributed by atoms with Gasteiger partial charge in [-0.25, -0.2) is 4.79 Å². The second-order valence-electron chi connectivity index (χ2n) is 8.43. The van der Waals surface area contributed by atoms with Gasteiger partial charge >= 0.3 is 5.69 Å². The number of nitrogens with one attached hydrogen (secondary N) is 1. The number of nitrogens with zero attached hydrogens (tertiary/aromatic N) is 3. The van der Waals surface area contributed by atoms with Crippen LogP contribution in [-0.2, 0) is 16.6 Å². The number of hydrogen-bond donors (Lipinski definition) is 1. The van der Waals surface area contributed by atoms with Crippen molar-refractivity contribution >= 4 is 35.3 Å². The summed E-state index contributed by atoms with van der Waals surface area (Å²) in [5.41, 5.74) is 1.51. The summed E-state index contributed by atoms with van der Waals surface area (Å²) in [4.78, 5) is 38.6. The molecule has 3 fully saturated rings. The largest absolute Gasteiger partial charge is 0.488 e. The van der Waals surface area contributed by atoms with E-state index in [1.54, 1.807) is 11.6 Å². The van der Waals surface area contributed by atoms with Gasteiger partial charge in [0.2, 0.25) is 5.91 Å². The van der Waals surface area contributed by atoms with Crippen LogP contribution in [-0.4, -0.2) is 52.1 Å². The maximum absolute atomic E-state index is 13.0. The van der Waals surface area contributed by atoms with Crippen LogP contribution in [0.2, 0.25) is 0 Å². The lowest BCUT2D eigenvalue weighted by atomic mass is 9.63. The van der Waals surface area contributed by atoms with E-state index in [0.29, 0.717) is 28.6 Å². The van der Waals surface area contributed by atoms with Gasteiger partial charge in [-0.2, -0.15) is 0 Å². The number of likely N-dealkylation sites (tertiary alicyclic amines) is 1. The first-order valence-electron chi connectivity index (χ1n) is 9.78. The molecular formula is C20H25ClN4O4. The third kappa shape index (κ3) is 2.88. The molecule has 2 aromatic rings. The summed E-state index contributed by atoms with van der Waals surface area (Å²) in [7, 11) is 3.18. The highest BCUT2D eigenvalue weighted by atomic mass is 35.5. The van der Waals surface area contributed by atoms with Crippen molar-refractivity contribution in [3.63, 3.8) is 0 Å². The zero-order chi connectivity index (χ0) is 19.6. The number of aromatic nitrogens is 2. The Balaban J connectivity index is 0.00000205. The fourth-order valence-corrected chi connectivity index (χ4v) is 4.87. The average Bonchev–Trinajstić information content (AvgIpc) is 2.86. The normalized spacial score (nSPS) is 23.7. The molecule has 1 aliphatic carbocycles. The van der Waals surface area contributed by atoms with E-state index in [2.05, 4.69) is 5.32 Å². The molecule has 3 aliphatic rings. The summed E-state index contributed by atoms with van der Waals surface area (Å²) in [5.74, 6) is 0.134. The topological polar surface area (TPSA) is 85.6 Å². The molecule has 156 valence electrons. The minimum Gasteiger partial charge on any atom is -0.488 e. The van der Waals surface area contributed by atoms with Crippen molar-refractivity contribution in [1.82, 2.24) is 19.4 Å². The Morgan fingerprint density at radius 3 is 2.52 bits per heavy atom. The van der Waals surface area contributed by atoms with Crippen LogP contribution in [0.3, 0.4) is 0 Å². The van der Waals surface area contributed by atoms with E-state index >= 15 is 0 Å². The van der Waals surface area contributed by atoms with Gasteiger partial charge in [-0.1, -0.05) is 6.07 Å². The number of ether oxygens (including phenoxy) is 1. The fourth-order valence-electron chi connectivity index (χ4n) is 4.87. The lowest BCUT2D eigenvalue weighted by molar-refractivity contribution is -0.149. The van der Waals surface area contributed by atoms with E-state index in [1.165, 1.54) is 11.6 Å². The van der Waals surface area contributed by atoms with E-state index in [4.69, 9.17) is 4.74 Å². The van der Waals surface area contributed by atoms with Crippen molar-refractivity contribution in [2.75, 3.05) is 20.1 Å². The van der Waals surface area contributed by atoms with Crippen LogP contribution in [0.5, 0.6) is 5.75 Å². The van der Waals surface area contributed by atoms with E-state index in [1.807, 2.05) is 18.2 Å². The molecule has 1 aromatic heterocycles. The summed E-state index contributed by atoms with van der Waals surface area (Å²) >= 11 is 0. The van der Waals surface area contributed by atoms with Crippen molar-refractivity contribution in [2.45, 2.75) is 37.8 Å². The van der Waals surface area contributed by atoms with Crippen molar-refractivity contribution in [1.29, 1.82) is 0 Å². The molecule has 1 saturated carbocycles. The molecule has 2 amide bonds. The number of amides is 2. The highest BCUT2D eigenvalue weighted by Gasteiger charge is 2.49. The predicted octanol–water partition coefficient (Wildman–Crippen LogP) is 1.21. The second kappa shape index (κ2) is 6.88. The summed E-state index contributed by atoms with van der Waals surface area (Å²) in [6.45, 7) is 2.11. The SMILES string of the molecule is CN1C(=O)CCC(n2c(=O)n(C)c3c(OC4CC5(CNC5)C4)cccc32)C1=O.Cl. The predicted molar refractivity (Wildman–Crippen MR) is 109 cm³/mol. The highest BCUT2D eigenvalue weighted by molar-refractivity contribution is 6.00. The zero-order valence-corrected chi connectivity index (χ0v) is 17.3. The maximum atomic E-state index is 13.0. The Morgan fingerprint density at radius 1 is 1.14 bits per heavy atom. The minimum absolute atomic E-state index is 0. The van der Waals surface area contributed by atoms with Gasteiger partial charge < -0.3 is 10.1 Å². The molecule has 3 heterocycles. The number of imidazole rings is 1. The molecule has 5 rings (SSSR count). The van der Waals surface area contributed by atoms with Crippen LogP contribution in [0, 0.1) is 5.41 Å². The Kier molecular flexibility index (Phi) is 4.74. The van der Waals surface area contributed by atoms with E-state index < -0.39 is 6.04 Å². The molecule has 1 aromatic carbocycles. The molecular weight excluding hydrogens is 396 g/mol. The minimum atomic E-state index is -0.665. The van der Waals surface area contributed by atoms with Crippen molar-refractivity contribution in [3.05, 3.63) is 28.7 Å². The number of piperidine rings is 1. The van der Waals surface area contributed by atoms with Gasteiger partial charge in [-0.3, -0.25) is 23.6 Å². The first kappa shape index (κ1) is 20.0. The summed E-state index contributed by atoms with van der Waals surface area (Å²) in [6.07, 6.45) is 2.80. The van der Waals surface area contributed by atoms with Crippen molar-refractivity contribution in [2.24, 2.45) is 12.5 Å². The van der Waals surface area contributed by atoms with Crippen molar-refractivity contribution < 1.29 is 14.3 Å². The summed E-state index contributed by atoms with van der Waals surface area (Å²) < 4.78 is 9.31. The first-order chi connectivity index (χ1) is 13.4. The van der Waals surface area contributed by atoms with Gasteiger partial charge in [0, 0.05) is 39.0 Å². The monoisotopic (exact) mass is 420 g/mol. The molecule has 1 unspecified atom stereocenters. The third-order valence-corrected chi connectivity index (χ3v) is 6.61. The number of rotatable bonds is 3. The molecule has 2 saturated heterocycles. The van der Waals surface area contributed by atoms with Crippen LogP contribution in [0.15, 0.2) is 23.0 Å². The number of fused-ring (bicyclic) bond motifs is 1. The molecule has 1 spiro atoms. The van der Waals surface area contributed by atoms with Gasteiger partial charge in [0.05, 0.1) is 5.52 Å². The Bertz CT molecular complexity index is 1050. The Hall–Kier alpha value is -2.32. The maximum Gasteiger partial charge on any atom is 0.329 e. The number of likely N-dealkylation sites (N-methyl/N-ethyl adjacent to an activating group) is 1. The number of para-hydroxylation sites is 1. The lowest BCUT2D eigenvalue weighted by Crippen LogP contribution is -2.62. The fraction of sp³-hybridized carbons (Fsp3) is 0.550. The lowest BCUT2D eigenvalue weighted by Gasteiger charge is -2.53. The number of benzene rings is 1. The van der Waals surface area contributed by atoms with E-state index in [-0.39, 0.29) is 42.4 Å². The van der Waals surface area contributed by atoms with Gasteiger partial charge in [-0.05, 0) is 31.4 Å². The molecule has 0 radical (unpaired) electrons. The summed E-state index contributed by atoms with van der Waals surface area (Å²) in [6, 6.07) is 4.91. The molecule has 2 aliphatic heterocycles. The van der Waals surface area contributed by atoms with Crippen LogP contribution < -0.4 is 15.7 Å². The van der Waals surface area contributed by atoms with E-state index in [9.17, 15) is 14.4 Å². The number of carbonyl (C=O) groups excluding carboxylic acids is 2. The third-order valence-electron chi connectivity index (χ3n) is 6.61. The van der Waals surface area contributed by atoms with Gasteiger partial charge in [-0.15, -0.1) is 12.4 Å². The smallest absolute Gasteiger partial charge is 0.329 e. The quantitative estimate of drug-likeness (QED) is 0.754. The molecule has 9 heteroatoms. The average molecular weight is 421 g/mol. The molecule has 29 heavy (non-hydrogen) atoms. The number of halogens is 1. The molecule has 1 atom stereocenters. The Labute approximate surface area is 174 Å². The highest BCUT2D eigenvalue weighted by Crippen LogP contribution is 2.46. The number of carbonyl (C=O) groups is 2. The molecule has 8 nitrogen and oxygen atoms in total. The number of hydrogen-bond acceptors (Lipinski definition) is 5. The van der Waals surface area contributed by atoms with Gasteiger partial charge in [0.15, 0.2) is 0 Å². The van der Waals surface area contributed by atoms with Gasteiger partial charge in [0.25, 0.3) is 5.91 Å². The van der Waals surface area contributed by atoms with Crippen LogP contribution >= 0.6 is 12.4 Å². The van der Waals surface area contributed by atoms with Gasteiger partial charge in [0.1, 0.15) is 23.4 Å². The first-order valence-corrected chi connectivity index (χ1v) is 9.78. The van der Waals surface area contributed by atoms with Crippen LogP contribution in [0.25, 0.3) is 11.0 Å². The van der Waals surface area contributed by atoms with Crippen molar-refractivity contribution in [3.8, 4) is 5.75 Å². The van der Waals surface area contributed by atoms with E-state index in [0.717, 1.165) is 30.8 Å².